The van der Waals surface area contributed by atoms with Crippen molar-refractivity contribution in [3.63, 3.8) is 0 Å². The van der Waals surface area contributed by atoms with Crippen molar-refractivity contribution in [3.05, 3.63) is 59.4 Å². The average Bonchev–Trinajstić information content (AvgIpc) is 2.42. The molecule has 0 saturated carbocycles. The largest absolute Gasteiger partial charge is 0.497 e. The van der Waals surface area contributed by atoms with E-state index in [-0.39, 0.29) is 6.04 Å². The lowest BCUT2D eigenvalue weighted by Gasteiger charge is -2.18. The molecule has 0 aliphatic carbocycles. The maximum Gasteiger partial charge on any atom is 0.119 e. The summed E-state index contributed by atoms with van der Waals surface area (Å²) >= 11 is 0. The molecular weight excluding hydrogens is 224 g/mol. The molecule has 2 rings (SSSR count). The zero-order valence-corrected chi connectivity index (χ0v) is 11.0. The fourth-order valence-electron chi connectivity index (χ4n) is 2.08. The van der Waals surface area contributed by atoms with Gasteiger partial charge in [0.05, 0.1) is 18.8 Å². The number of methoxy groups -OCH3 is 1. The Bertz CT molecular complexity index is 525. The van der Waals surface area contributed by atoms with Crippen molar-refractivity contribution in [2.75, 3.05) is 14.2 Å². The van der Waals surface area contributed by atoms with Crippen molar-refractivity contribution in [2.24, 2.45) is 0 Å². The molecule has 1 atom stereocenters. The molecule has 18 heavy (non-hydrogen) atoms. The number of hydrogen-bond donors (Lipinski definition) is 1. The lowest BCUT2D eigenvalue weighted by Crippen LogP contribution is -2.19. The highest BCUT2D eigenvalue weighted by molar-refractivity contribution is 5.36. The number of nitrogens with one attached hydrogen (secondary N) is 1. The maximum atomic E-state index is 5.27. The third kappa shape index (κ3) is 2.51. The predicted octanol–water partition coefficient (Wildman–Crippen LogP) is 2.71. The van der Waals surface area contributed by atoms with E-state index < -0.39 is 0 Å². The van der Waals surface area contributed by atoms with Crippen molar-refractivity contribution < 1.29 is 4.74 Å². The summed E-state index contributed by atoms with van der Waals surface area (Å²) in [5, 5.41) is 3.31. The van der Waals surface area contributed by atoms with Gasteiger partial charge in [-0.05, 0) is 43.3 Å². The van der Waals surface area contributed by atoms with Crippen LogP contribution in [0.3, 0.4) is 0 Å². The molecule has 1 heterocycles. The van der Waals surface area contributed by atoms with Crippen molar-refractivity contribution in [1.29, 1.82) is 0 Å². The number of benzene rings is 1. The third-order valence-electron chi connectivity index (χ3n) is 3.04. The summed E-state index contributed by atoms with van der Waals surface area (Å²) < 4.78 is 5.27. The smallest absolute Gasteiger partial charge is 0.119 e. The quantitative estimate of drug-likeness (QED) is 0.895. The first-order valence-electron chi connectivity index (χ1n) is 5.99. The molecule has 0 saturated heterocycles. The Labute approximate surface area is 108 Å². The van der Waals surface area contributed by atoms with Gasteiger partial charge in [0.2, 0.25) is 0 Å². The summed E-state index contributed by atoms with van der Waals surface area (Å²) in [6.07, 6.45) is 1.83. The Balaban J connectivity index is 2.42. The van der Waals surface area contributed by atoms with Gasteiger partial charge in [0.25, 0.3) is 0 Å². The highest BCUT2D eigenvalue weighted by atomic mass is 16.5. The SMILES string of the molecule is CNC(c1cccc(OC)c1)c1ncccc1C. The lowest BCUT2D eigenvalue weighted by atomic mass is 10.00. The Morgan fingerprint density at radius 1 is 1.22 bits per heavy atom. The van der Waals surface area contributed by atoms with E-state index in [4.69, 9.17) is 4.74 Å². The van der Waals surface area contributed by atoms with E-state index in [1.807, 2.05) is 37.5 Å². The van der Waals surface area contributed by atoms with Crippen LogP contribution in [-0.2, 0) is 0 Å². The summed E-state index contributed by atoms with van der Waals surface area (Å²) in [7, 11) is 3.62. The number of nitrogens with zero attached hydrogens (tertiary/aromatic N) is 1. The average molecular weight is 242 g/mol. The van der Waals surface area contributed by atoms with Gasteiger partial charge in [0, 0.05) is 6.20 Å². The number of pyridine rings is 1. The van der Waals surface area contributed by atoms with Gasteiger partial charge in [-0.25, -0.2) is 0 Å². The monoisotopic (exact) mass is 242 g/mol. The van der Waals surface area contributed by atoms with Crippen molar-refractivity contribution in [2.45, 2.75) is 13.0 Å². The van der Waals surface area contributed by atoms with Gasteiger partial charge in [0.15, 0.2) is 0 Å². The van der Waals surface area contributed by atoms with Crippen LogP contribution in [0.1, 0.15) is 22.9 Å². The van der Waals surface area contributed by atoms with Crippen LogP contribution in [0, 0.1) is 6.92 Å². The van der Waals surface area contributed by atoms with E-state index in [9.17, 15) is 0 Å². The topological polar surface area (TPSA) is 34.1 Å². The molecule has 0 aliphatic heterocycles. The molecule has 1 aromatic heterocycles. The molecule has 1 N–H and O–H groups in total. The summed E-state index contributed by atoms with van der Waals surface area (Å²) in [5.41, 5.74) is 3.38. The highest BCUT2D eigenvalue weighted by Crippen LogP contribution is 2.25. The zero-order chi connectivity index (χ0) is 13.0. The van der Waals surface area contributed by atoms with Gasteiger partial charge in [-0.2, -0.15) is 0 Å². The zero-order valence-electron chi connectivity index (χ0n) is 11.0. The van der Waals surface area contributed by atoms with Gasteiger partial charge in [-0.1, -0.05) is 18.2 Å². The van der Waals surface area contributed by atoms with Crippen molar-refractivity contribution >= 4 is 0 Å². The van der Waals surface area contributed by atoms with Crippen LogP contribution in [-0.4, -0.2) is 19.1 Å². The Kier molecular flexibility index (Phi) is 3.95. The molecule has 3 nitrogen and oxygen atoms in total. The number of aryl methyl sites for hydroxylation is 1. The summed E-state index contributed by atoms with van der Waals surface area (Å²) in [5.74, 6) is 0.862. The minimum Gasteiger partial charge on any atom is -0.497 e. The van der Waals surface area contributed by atoms with Crippen LogP contribution in [0.2, 0.25) is 0 Å². The lowest BCUT2D eigenvalue weighted by molar-refractivity contribution is 0.413. The Hall–Kier alpha value is -1.87. The Morgan fingerprint density at radius 3 is 2.72 bits per heavy atom. The highest BCUT2D eigenvalue weighted by Gasteiger charge is 2.15. The second kappa shape index (κ2) is 5.65. The molecule has 0 aliphatic rings. The second-order valence-electron chi connectivity index (χ2n) is 4.20. The van der Waals surface area contributed by atoms with E-state index in [0.717, 1.165) is 17.0 Å². The number of rotatable bonds is 4. The van der Waals surface area contributed by atoms with E-state index in [0.29, 0.717) is 0 Å². The van der Waals surface area contributed by atoms with Crippen LogP contribution in [0.25, 0.3) is 0 Å². The molecule has 0 fully saturated rings. The molecule has 94 valence electrons. The standard InChI is InChI=1S/C15H18N2O/c1-11-6-5-9-17-14(11)15(16-2)12-7-4-8-13(10-12)18-3/h4-10,15-16H,1-3H3. The van der Waals surface area contributed by atoms with Gasteiger partial charge >= 0.3 is 0 Å². The van der Waals surface area contributed by atoms with Crippen LogP contribution < -0.4 is 10.1 Å². The minimum absolute atomic E-state index is 0.0845. The van der Waals surface area contributed by atoms with Gasteiger partial charge in [-0.3, -0.25) is 4.98 Å². The van der Waals surface area contributed by atoms with Gasteiger partial charge in [-0.15, -0.1) is 0 Å². The molecular formula is C15H18N2O. The third-order valence-corrected chi connectivity index (χ3v) is 3.04. The minimum atomic E-state index is 0.0845. The second-order valence-corrected chi connectivity index (χ2v) is 4.20. The molecule has 1 unspecified atom stereocenters. The summed E-state index contributed by atoms with van der Waals surface area (Å²) in [6, 6.07) is 12.2. The normalized spacial score (nSPS) is 12.2. The van der Waals surface area contributed by atoms with Crippen LogP contribution in [0.5, 0.6) is 5.75 Å². The molecule has 0 amide bonds. The number of aromatic nitrogens is 1. The summed E-state index contributed by atoms with van der Waals surface area (Å²) in [6.45, 7) is 2.08. The molecule has 1 aromatic carbocycles. The molecule has 0 radical (unpaired) electrons. The number of hydrogen-bond acceptors (Lipinski definition) is 3. The first kappa shape index (κ1) is 12.6. The van der Waals surface area contributed by atoms with Crippen LogP contribution in [0.15, 0.2) is 42.6 Å². The molecule has 2 aromatic rings. The van der Waals surface area contributed by atoms with E-state index in [1.54, 1.807) is 7.11 Å². The maximum absolute atomic E-state index is 5.27. The van der Waals surface area contributed by atoms with E-state index in [1.165, 1.54) is 5.56 Å². The van der Waals surface area contributed by atoms with E-state index in [2.05, 4.69) is 29.4 Å². The van der Waals surface area contributed by atoms with Gasteiger partial charge < -0.3 is 10.1 Å². The Morgan fingerprint density at radius 2 is 2.06 bits per heavy atom. The molecule has 0 spiro atoms. The summed E-state index contributed by atoms with van der Waals surface area (Å²) in [4.78, 5) is 4.48. The van der Waals surface area contributed by atoms with E-state index >= 15 is 0 Å². The van der Waals surface area contributed by atoms with Gasteiger partial charge in [0.1, 0.15) is 5.75 Å². The predicted molar refractivity (Wildman–Crippen MR) is 72.9 cm³/mol. The molecule has 3 heteroatoms. The van der Waals surface area contributed by atoms with Crippen LogP contribution >= 0.6 is 0 Å². The number of ether oxygens (including phenoxy) is 1. The van der Waals surface area contributed by atoms with Crippen LogP contribution in [0.4, 0.5) is 0 Å². The van der Waals surface area contributed by atoms with Crippen molar-refractivity contribution in [3.8, 4) is 5.75 Å². The first-order valence-corrected chi connectivity index (χ1v) is 5.99. The fraction of sp³-hybridized carbons (Fsp3) is 0.267. The molecule has 0 bridgehead atoms. The first-order chi connectivity index (χ1) is 8.76. The fourth-order valence-corrected chi connectivity index (χ4v) is 2.08. The van der Waals surface area contributed by atoms with Crippen molar-refractivity contribution in [1.82, 2.24) is 10.3 Å².